The average molecular weight is 476 g/mol. The Morgan fingerprint density at radius 2 is 1.24 bits per heavy atom. The molecule has 2 aliphatic rings. The van der Waals surface area contributed by atoms with E-state index in [1.165, 1.54) is 45.1 Å². The van der Waals surface area contributed by atoms with Gasteiger partial charge in [0.25, 0.3) is 0 Å². The fourth-order valence-electron chi connectivity index (χ4n) is 10.5. The summed E-state index contributed by atoms with van der Waals surface area (Å²) in [6, 6.07) is 0.586. The zero-order chi connectivity index (χ0) is 26.5. The van der Waals surface area contributed by atoms with Crippen molar-refractivity contribution >= 4 is 0 Å². The first-order valence-electron chi connectivity index (χ1n) is 14.9. The molecule has 0 aromatic heterocycles. The van der Waals surface area contributed by atoms with Crippen molar-refractivity contribution in [2.24, 2.45) is 51.2 Å². The molecule has 0 aromatic carbocycles. The minimum absolute atomic E-state index is 0.204. The summed E-state index contributed by atoms with van der Waals surface area (Å²) in [5, 5.41) is 0. The summed E-state index contributed by atoms with van der Waals surface area (Å²) in [6.07, 6.45) is 8.10. The standard InChI is InChI=1S/C33H65N/c1-23(2)34-20-25(4)19-30(8,9)27-26(5)18-24(3)16-17-29(6,7)21-31(10,11)28(27)32(12,13)22-33(34,14)15/h23-28H,16-22H2,1-15H3. The highest BCUT2D eigenvalue weighted by Gasteiger charge is 2.55. The van der Waals surface area contributed by atoms with Crippen molar-refractivity contribution in [1.29, 1.82) is 0 Å². The number of nitrogens with zero attached hydrogens (tertiary/aromatic N) is 1. The highest BCUT2D eigenvalue weighted by Crippen LogP contribution is 2.61. The zero-order valence-electron chi connectivity index (χ0n) is 26.4. The maximum absolute atomic E-state index is 2.85. The van der Waals surface area contributed by atoms with Crippen LogP contribution < -0.4 is 0 Å². The summed E-state index contributed by atoms with van der Waals surface area (Å²) in [4.78, 5) is 2.85. The van der Waals surface area contributed by atoms with Gasteiger partial charge in [0, 0.05) is 18.1 Å². The van der Waals surface area contributed by atoms with E-state index in [0.29, 0.717) is 28.2 Å². The van der Waals surface area contributed by atoms with Crippen LogP contribution in [0.15, 0.2) is 0 Å². The molecule has 202 valence electrons. The summed E-state index contributed by atoms with van der Waals surface area (Å²) in [5.74, 6) is 3.77. The van der Waals surface area contributed by atoms with Gasteiger partial charge in [-0.3, -0.25) is 4.90 Å². The lowest BCUT2D eigenvalue weighted by molar-refractivity contribution is -0.115. The topological polar surface area (TPSA) is 3.24 Å². The van der Waals surface area contributed by atoms with Crippen LogP contribution in [0.5, 0.6) is 0 Å². The number of hydrogen-bond acceptors (Lipinski definition) is 1. The molecule has 34 heavy (non-hydrogen) atoms. The smallest absolute Gasteiger partial charge is 0.0161 e. The van der Waals surface area contributed by atoms with E-state index in [4.69, 9.17) is 0 Å². The number of hydrogen-bond donors (Lipinski definition) is 0. The molecule has 1 aliphatic heterocycles. The van der Waals surface area contributed by atoms with Gasteiger partial charge >= 0.3 is 0 Å². The monoisotopic (exact) mass is 476 g/mol. The van der Waals surface area contributed by atoms with E-state index in [2.05, 4.69) is 109 Å². The highest BCUT2D eigenvalue weighted by atomic mass is 15.2. The minimum atomic E-state index is 0.204. The first-order chi connectivity index (χ1) is 15.1. The molecule has 0 N–H and O–H groups in total. The number of rotatable bonds is 1. The van der Waals surface area contributed by atoms with Gasteiger partial charge in [0.05, 0.1) is 0 Å². The van der Waals surface area contributed by atoms with E-state index >= 15 is 0 Å². The van der Waals surface area contributed by atoms with E-state index < -0.39 is 0 Å². The normalized spacial score (nSPS) is 38.6. The Morgan fingerprint density at radius 1 is 0.706 bits per heavy atom. The van der Waals surface area contributed by atoms with Crippen LogP contribution in [-0.4, -0.2) is 23.0 Å². The van der Waals surface area contributed by atoms with Crippen LogP contribution in [0.4, 0.5) is 0 Å². The van der Waals surface area contributed by atoms with Crippen LogP contribution in [0.3, 0.4) is 0 Å². The van der Waals surface area contributed by atoms with Crippen LogP contribution >= 0.6 is 0 Å². The molecule has 0 spiro atoms. The van der Waals surface area contributed by atoms with E-state index in [1.54, 1.807) is 0 Å². The molecule has 1 saturated carbocycles. The predicted molar refractivity (Wildman–Crippen MR) is 153 cm³/mol. The van der Waals surface area contributed by atoms with Gasteiger partial charge in [-0.25, -0.2) is 0 Å². The molecule has 1 saturated heterocycles. The molecule has 0 amide bonds. The highest BCUT2D eigenvalue weighted by molar-refractivity contribution is 5.05. The summed E-state index contributed by atoms with van der Waals surface area (Å²) in [7, 11) is 0. The van der Waals surface area contributed by atoms with Crippen molar-refractivity contribution in [1.82, 2.24) is 4.90 Å². The van der Waals surface area contributed by atoms with Crippen LogP contribution in [-0.2, 0) is 0 Å². The molecule has 5 atom stereocenters. The summed E-state index contributed by atoms with van der Waals surface area (Å²) < 4.78 is 0. The van der Waals surface area contributed by atoms with Crippen molar-refractivity contribution in [3.05, 3.63) is 0 Å². The molecule has 2 rings (SSSR count). The average Bonchev–Trinajstić information content (AvgIpc) is 2.57. The Balaban J connectivity index is 2.77. The maximum Gasteiger partial charge on any atom is 0.0161 e. The molecular weight excluding hydrogens is 410 g/mol. The third-order valence-corrected chi connectivity index (χ3v) is 10.3. The summed E-state index contributed by atoms with van der Waals surface area (Å²) >= 11 is 0. The van der Waals surface area contributed by atoms with Gasteiger partial charge in [-0.05, 0) is 111 Å². The van der Waals surface area contributed by atoms with E-state index in [9.17, 15) is 0 Å². The Labute approximate surface area is 216 Å². The SMILES string of the molecule is CC1CCC(C)(C)CC(C)(C)C2C(C(C)C1)C(C)(C)CC(C)CN(C(C)C)C(C)(C)CC2(C)C. The lowest BCUT2D eigenvalue weighted by Crippen LogP contribution is -2.58. The fraction of sp³-hybridized carbons (Fsp3) is 1.00. The molecule has 0 aromatic rings. The van der Waals surface area contributed by atoms with Crippen molar-refractivity contribution in [3.8, 4) is 0 Å². The van der Waals surface area contributed by atoms with Gasteiger partial charge in [-0.15, -0.1) is 0 Å². The molecule has 1 nitrogen and oxygen atoms in total. The molecule has 1 heterocycles. The molecule has 5 unspecified atom stereocenters. The summed E-state index contributed by atoms with van der Waals surface area (Å²) in [6.45, 7) is 39.9. The molecule has 1 heteroatoms. The molecular formula is C33H65N. The Hall–Kier alpha value is -0.0400. The van der Waals surface area contributed by atoms with Crippen LogP contribution in [0.25, 0.3) is 0 Å². The van der Waals surface area contributed by atoms with E-state index in [0.717, 1.165) is 23.7 Å². The molecule has 0 bridgehead atoms. The van der Waals surface area contributed by atoms with Gasteiger partial charge < -0.3 is 0 Å². The van der Waals surface area contributed by atoms with Gasteiger partial charge in [0.1, 0.15) is 0 Å². The van der Waals surface area contributed by atoms with Crippen LogP contribution in [0.2, 0.25) is 0 Å². The van der Waals surface area contributed by atoms with Gasteiger partial charge in [0.15, 0.2) is 0 Å². The molecule has 2 fully saturated rings. The van der Waals surface area contributed by atoms with Gasteiger partial charge in [-0.2, -0.15) is 0 Å². The quantitative estimate of drug-likeness (QED) is 0.364. The first kappa shape index (κ1) is 30.2. The van der Waals surface area contributed by atoms with Crippen LogP contribution in [0, 0.1) is 51.2 Å². The Kier molecular flexibility index (Phi) is 8.90. The minimum Gasteiger partial charge on any atom is -0.296 e. The zero-order valence-corrected chi connectivity index (χ0v) is 26.4. The maximum atomic E-state index is 2.85. The second kappa shape index (κ2) is 10.0. The van der Waals surface area contributed by atoms with E-state index in [1.807, 2.05) is 0 Å². The second-order valence-corrected chi connectivity index (χ2v) is 17.2. The fourth-order valence-corrected chi connectivity index (χ4v) is 10.5. The lowest BCUT2D eigenvalue weighted by atomic mass is 9.46. The third kappa shape index (κ3) is 6.83. The molecule has 0 radical (unpaired) electrons. The van der Waals surface area contributed by atoms with E-state index in [-0.39, 0.29) is 11.0 Å². The Morgan fingerprint density at radius 3 is 1.76 bits per heavy atom. The predicted octanol–water partition coefficient (Wildman–Crippen LogP) is 10.1. The largest absolute Gasteiger partial charge is 0.296 e. The second-order valence-electron chi connectivity index (χ2n) is 17.2. The van der Waals surface area contributed by atoms with Crippen molar-refractivity contribution in [2.75, 3.05) is 6.54 Å². The van der Waals surface area contributed by atoms with Crippen molar-refractivity contribution < 1.29 is 0 Å². The molecule has 1 aliphatic carbocycles. The third-order valence-electron chi connectivity index (χ3n) is 10.3. The van der Waals surface area contributed by atoms with Crippen molar-refractivity contribution in [3.63, 3.8) is 0 Å². The van der Waals surface area contributed by atoms with Gasteiger partial charge in [-0.1, -0.05) is 82.6 Å². The Bertz CT molecular complexity index is 664. The van der Waals surface area contributed by atoms with Crippen molar-refractivity contribution in [2.45, 2.75) is 154 Å². The number of fused-ring (bicyclic) bond motifs is 1. The van der Waals surface area contributed by atoms with Gasteiger partial charge in [0.2, 0.25) is 0 Å². The lowest BCUT2D eigenvalue weighted by Gasteiger charge is -2.60. The summed E-state index contributed by atoms with van der Waals surface area (Å²) in [5.41, 5.74) is 1.53. The van der Waals surface area contributed by atoms with Crippen LogP contribution in [0.1, 0.15) is 142 Å². The first-order valence-corrected chi connectivity index (χ1v) is 14.9.